The topological polar surface area (TPSA) is 29.1 Å². The molecule has 0 spiro atoms. The second-order valence-corrected chi connectivity index (χ2v) is 5.60. The number of hydrogen-bond acceptors (Lipinski definition) is 2. The summed E-state index contributed by atoms with van der Waals surface area (Å²) in [6.07, 6.45) is 0.979. The van der Waals surface area contributed by atoms with Crippen molar-refractivity contribution >= 4 is 10.8 Å². The Bertz CT molecular complexity index is 313. The van der Waals surface area contributed by atoms with E-state index in [0.717, 1.165) is 24.3 Å². The maximum atomic E-state index is 11.8. The van der Waals surface area contributed by atoms with Crippen LogP contribution in [0.25, 0.3) is 0 Å². The number of benzene rings is 1. The van der Waals surface area contributed by atoms with E-state index < -0.39 is 10.8 Å². The van der Waals surface area contributed by atoms with Crippen LogP contribution >= 0.6 is 0 Å². The lowest BCUT2D eigenvalue weighted by Crippen LogP contribution is -2.27. The van der Waals surface area contributed by atoms with Crippen molar-refractivity contribution in [3.63, 3.8) is 0 Å². The van der Waals surface area contributed by atoms with Gasteiger partial charge in [-0.25, -0.2) is 0 Å². The van der Waals surface area contributed by atoms with Gasteiger partial charge in [0.2, 0.25) is 0 Å². The van der Waals surface area contributed by atoms with Crippen LogP contribution in [0.1, 0.15) is 25.8 Å². The van der Waals surface area contributed by atoms with E-state index in [0.29, 0.717) is 11.8 Å². The van der Waals surface area contributed by atoms with E-state index in [2.05, 4.69) is 19.2 Å². The highest BCUT2D eigenvalue weighted by Gasteiger charge is 2.05. The molecule has 2 atom stereocenters. The van der Waals surface area contributed by atoms with Gasteiger partial charge in [0.25, 0.3) is 0 Å². The Morgan fingerprint density at radius 2 is 2.00 bits per heavy atom. The van der Waals surface area contributed by atoms with Crippen LogP contribution in [-0.4, -0.2) is 22.5 Å². The van der Waals surface area contributed by atoms with Crippen molar-refractivity contribution in [3.05, 3.63) is 35.9 Å². The fourth-order valence-electron chi connectivity index (χ4n) is 1.59. The van der Waals surface area contributed by atoms with Crippen LogP contribution < -0.4 is 5.32 Å². The quantitative estimate of drug-likeness (QED) is 0.791. The summed E-state index contributed by atoms with van der Waals surface area (Å²) in [7, 11) is -0.735. The summed E-state index contributed by atoms with van der Waals surface area (Å²) in [6, 6.07) is 10.5. The van der Waals surface area contributed by atoms with Crippen molar-refractivity contribution in [2.24, 2.45) is 0 Å². The highest BCUT2D eigenvalue weighted by atomic mass is 32.2. The molecule has 2 unspecified atom stereocenters. The van der Waals surface area contributed by atoms with E-state index in [1.54, 1.807) is 0 Å². The summed E-state index contributed by atoms with van der Waals surface area (Å²) in [5, 5.41) is 3.33. The van der Waals surface area contributed by atoms with Crippen molar-refractivity contribution in [1.82, 2.24) is 5.32 Å². The van der Waals surface area contributed by atoms with Gasteiger partial charge in [0.05, 0.1) is 0 Å². The number of hydrogen-bond donors (Lipinski definition) is 1. The molecule has 0 aromatic heterocycles. The van der Waals surface area contributed by atoms with E-state index >= 15 is 0 Å². The number of nitrogens with one attached hydrogen (secondary N) is 1. The Balaban J connectivity index is 2.26. The minimum atomic E-state index is -0.735. The van der Waals surface area contributed by atoms with Gasteiger partial charge in [0, 0.05) is 28.3 Å². The molecule has 90 valence electrons. The van der Waals surface area contributed by atoms with Gasteiger partial charge in [-0.15, -0.1) is 0 Å². The maximum Gasteiger partial charge on any atom is 0.0485 e. The first-order valence-corrected chi connectivity index (χ1v) is 7.33. The molecule has 0 aliphatic heterocycles. The zero-order chi connectivity index (χ0) is 11.8. The van der Waals surface area contributed by atoms with Crippen LogP contribution in [0.4, 0.5) is 0 Å². The minimum Gasteiger partial charge on any atom is -0.315 e. The molecule has 0 saturated heterocycles. The summed E-state index contributed by atoms with van der Waals surface area (Å²) >= 11 is 0. The number of rotatable bonds is 7. The van der Waals surface area contributed by atoms with E-state index in [1.807, 2.05) is 30.3 Å². The predicted octanol–water partition coefficient (Wildman–Crippen LogP) is 2.32. The van der Waals surface area contributed by atoms with E-state index in [1.165, 1.54) is 0 Å². The molecule has 0 radical (unpaired) electrons. The zero-order valence-electron chi connectivity index (χ0n) is 10.1. The minimum absolute atomic E-state index is 0.463. The SMILES string of the molecule is CCNC(C)CCS(=O)Cc1ccccc1. The van der Waals surface area contributed by atoms with E-state index in [-0.39, 0.29) is 0 Å². The van der Waals surface area contributed by atoms with E-state index in [4.69, 9.17) is 0 Å². The summed E-state index contributed by atoms with van der Waals surface area (Å²) in [5.74, 6) is 1.46. The van der Waals surface area contributed by atoms with Crippen LogP contribution in [0.3, 0.4) is 0 Å². The molecular weight excluding hydrogens is 218 g/mol. The predicted molar refractivity (Wildman–Crippen MR) is 70.9 cm³/mol. The van der Waals surface area contributed by atoms with Crippen LogP contribution in [0.15, 0.2) is 30.3 Å². The third kappa shape index (κ3) is 5.42. The molecule has 1 aromatic carbocycles. The average Bonchev–Trinajstić information content (AvgIpc) is 2.28. The lowest BCUT2D eigenvalue weighted by Gasteiger charge is -2.11. The van der Waals surface area contributed by atoms with E-state index in [9.17, 15) is 4.21 Å². The lowest BCUT2D eigenvalue weighted by molar-refractivity contribution is 0.553. The van der Waals surface area contributed by atoms with Gasteiger partial charge < -0.3 is 5.32 Å². The summed E-state index contributed by atoms with van der Waals surface area (Å²) in [4.78, 5) is 0. The van der Waals surface area contributed by atoms with Crippen LogP contribution in [0, 0.1) is 0 Å². The maximum absolute atomic E-state index is 11.8. The van der Waals surface area contributed by atoms with Crippen molar-refractivity contribution in [2.75, 3.05) is 12.3 Å². The van der Waals surface area contributed by atoms with Crippen LogP contribution in [-0.2, 0) is 16.6 Å². The molecule has 3 heteroatoms. The fraction of sp³-hybridized carbons (Fsp3) is 0.538. The largest absolute Gasteiger partial charge is 0.315 e. The van der Waals surface area contributed by atoms with Crippen molar-refractivity contribution in [1.29, 1.82) is 0 Å². The smallest absolute Gasteiger partial charge is 0.0485 e. The molecule has 0 heterocycles. The Morgan fingerprint density at radius 3 is 2.62 bits per heavy atom. The molecule has 1 N–H and O–H groups in total. The molecule has 0 amide bonds. The van der Waals surface area contributed by atoms with Gasteiger partial charge in [-0.05, 0) is 25.5 Å². The average molecular weight is 239 g/mol. The molecule has 0 saturated carbocycles. The standard InChI is InChI=1S/C13H21NOS/c1-3-14-12(2)9-10-16(15)11-13-7-5-4-6-8-13/h4-8,12,14H,3,9-11H2,1-2H3. The van der Waals surface area contributed by atoms with Gasteiger partial charge in [-0.1, -0.05) is 37.3 Å². The highest BCUT2D eigenvalue weighted by Crippen LogP contribution is 2.04. The molecule has 0 aliphatic carbocycles. The molecule has 2 nitrogen and oxygen atoms in total. The summed E-state index contributed by atoms with van der Waals surface area (Å²) in [6.45, 7) is 5.22. The van der Waals surface area contributed by atoms with Gasteiger partial charge in [0.15, 0.2) is 0 Å². The Kier molecular flexibility index (Phi) is 6.34. The fourth-order valence-corrected chi connectivity index (χ4v) is 2.92. The normalized spacial score (nSPS) is 14.6. The Labute approximate surface area is 101 Å². The van der Waals surface area contributed by atoms with Crippen LogP contribution in [0.5, 0.6) is 0 Å². The molecule has 0 fully saturated rings. The van der Waals surface area contributed by atoms with Crippen molar-refractivity contribution in [2.45, 2.75) is 32.1 Å². The first-order chi connectivity index (χ1) is 7.72. The molecule has 0 bridgehead atoms. The molecule has 1 aromatic rings. The molecular formula is C13H21NOS. The van der Waals surface area contributed by atoms with Gasteiger partial charge in [0.1, 0.15) is 0 Å². The van der Waals surface area contributed by atoms with Crippen molar-refractivity contribution in [3.8, 4) is 0 Å². The Hall–Kier alpha value is -0.670. The van der Waals surface area contributed by atoms with Gasteiger partial charge in [-0.2, -0.15) is 0 Å². The molecule has 1 rings (SSSR count). The summed E-state index contributed by atoms with van der Waals surface area (Å²) in [5.41, 5.74) is 1.16. The van der Waals surface area contributed by atoms with Gasteiger partial charge in [-0.3, -0.25) is 4.21 Å². The second-order valence-electron chi connectivity index (χ2n) is 4.02. The van der Waals surface area contributed by atoms with Crippen molar-refractivity contribution < 1.29 is 4.21 Å². The zero-order valence-corrected chi connectivity index (χ0v) is 10.9. The monoisotopic (exact) mass is 239 g/mol. The lowest BCUT2D eigenvalue weighted by atomic mass is 10.2. The van der Waals surface area contributed by atoms with Crippen LogP contribution in [0.2, 0.25) is 0 Å². The third-order valence-electron chi connectivity index (χ3n) is 2.50. The third-order valence-corrected chi connectivity index (χ3v) is 3.85. The summed E-state index contributed by atoms with van der Waals surface area (Å²) < 4.78 is 11.8. The highest BCUT2D eigenvalue weighted by molar-refractivity contribution is 7.84. The van der Waals surface area contributed by atoms with Gasteiger partial charge >= 0.3 is 0 Å². The first-order valence-electron chi connectivity index (χ1n) is 5.84. The first kappa shape index (κ1) is 13.4. The second kappa shape index (κ2) is 7.58. The Morgan fingerprint density at radius 1 is 1.31 bits per heavy atom. The molecule has 0 aliphatic rings. The molecule has 16 heavy (non-hydrogen) atoms.